The van der Waals surface area contributed by atoms with Crippen LogP contribution >= 0.6 is 0 Å². The molecule has 2 aliphatic heterocycles. The first kappa shape index (κ1) is 18.2. The molecular formula is C17H25N3O4S. The van der Waals surface area contributed by atoms with Gasteiger partial charge in [-0.3, -0.25) is 0 Å². The maximum atomic E-state index is 12.8. The smallest absolute Gasteiger partial charge is 0.317 e. The number of sulfonamides is 1. The number of ether oxygens (including phenoxy) is 1. The largest absolute Gasteiger partial charge is 0.379 e. The molecule has 8 heteroatoms. The molecule has 25 heavy (non-hydrogen) atoms. The Kier molecular flexibility index (Phi) is 5.61. The van der Waals surface area contributed by atoms with Crippen molar-refractivity contribution in [3.63, 3.8) is 0 Å². The van der Waals surface area contributed by atoms with Gasteiger partial charge in [-0.25, -0.2) is 13.2 Å². The Bertz CT molecular complexity index is 729. The van der Waals surface area contributed by atoms with E-state index in [1.54, 1.807) is 17.0 Å². The third-order valence-corrected chi connectivity index (χ3v) is 6.51. The van der Waals surface area contributed by atoms with Crippen molar-refractivity contribution in [2.45, 2.75) is 31.2 Å². The Morgan fingerprint density at radius 1 is 1.20 bits per heavy atom. The summed E-state index contributed by atoms with van der Waals surface area (Å²) in [6, 6.07) is 5.19. The van der Waals surface area contributed by atoms with E-state index in [1.165, 1.54) is 4.31 Å². The number of hydrogen-bond acceptors (Lipinski definition) is 4. The summed E-state index contributed by atoms with van der Waals surface area (Å²) in [5.41, 5.74) is 2.02. The van der Waals surface area contributed by atoms with Crippen molar-refractivity contribution < 1.29 is 17.9 Å². The Morgan fingerprint density at radius 2 is 1.96 bits per heavy atom. The van der Waals surface area contributed by atoms with Crippen LogP contribution in [0.4, 0.5) is 4.79 Å². The molecule has 0 radical (unpaired) electrons. The maximum absolute atomic E-state index is 12.8. The molecule has 0 bridgehead atoms. The number of nitrogens with one attached hydrogen (secondary N) is 1. The molecule has 7 nitrogen and oxygen atoms in total. The molecule has 1 fully saturated rings. The quantitative estimate of drug-likeness (QED) is 0.867. The van der Waals surface area contributed by atoms with Gasteiger partial charge in [-0.2, -0.15) is 4.31 Å². The first-order valence-corrected chi connectivity index (χ1v) is 10.2. The Balaban J connectivity index is 1.78. The number of amides is 2. The van der Waals surface area contributed by atoms with Gasteiger partial charge in [0.25, 0.3) is 0 Å². The van der Waals surface area contributed by atoms with Gasteiger partial charge in [0.05, 0.1) is 18.1 Å². The summed E-state index contributed by atoms with van der Waals surface area (Å²) in [5.74, 6) is 0. The van der Waals surface area contributed by atoms with Crippen LogP contribution < -0.4 is 5.32 Å². The van der Waals surface area contributed by atoms with Crippen molar-refractivity contribution in [2.24, 2.45) is 0 Å². The fraction of sp³-hybridized carbons (Fsp3) is 0.588. The standard InChI is InChI=1S/C17H25N3O4S/c1-2-6-18-17(21)19-7-5-14-3-4-16(12-15(14)13-19)25(22,23)20-8-10-24-11-9-20/h3-4,12H,2,5-11,13H2,1H3,(H,18,21). The van der Waals surface area contributed by atoms with Crippen molar-refractivity contribution >= 4 is 16.1 Å². The van der Waals surface area contributed by atoms with E-state index in [2.05, 4.69) is 5.32 Å². The van der Waals surface area contributed by atoms with Crippen LogP contribution in [0.15, 0.2) is 23.1 Å². The highest BCUT2D eigenvalue weighted by Gasteiger charge is 2.28. The van der Waals surface area contributed by atoms with Crippen molar-refractivity contribution in [1.29, 1.82) is 0 Å². The summed E-state index contributed by atoms with van der Waals surface area (Å²) < 4.78 is 32.3. The minimum absolute atomic E-state index is 0.0889. The van der Waals surface area contributed by atoms with Crippen LogP contribution in [0.25, 0.3) is 0 Å². The summed E-state index contributed by atoms with van der Waals surface area (Å²) in [6.07, 6.45) is 1.63. The van der Waals surface area contributed by atoms with Crippen LogP contribution in [0.5, 0.6) is 0 Å². The lowest BCUT2D eigenvalue weighted by Crippen LogP contribution is -2.43. The number of urea groups is 1. The lowest BCUT2D eigenvalue weighted by atomic mass is 10.0. The molecule has 0 atom stereocenters. The number of carbonyl (C=O) groups is 1. The minimum atomic E-state index is -3.51. The highest BCUT2D eigenvalue weighted by molar-refractivity contribution is 7.89. The van der Waals surface area contributed by atoms with Gasteiger partial charge >= 0.3 is 6.03 Å². The average Bonchev–Trinajstić information content (AvgIpc) is 2.65. The molecule has 0 spiro atoms. The summed E-state index contributed by atoms with van der Waals surface area (Å²) in [7, 11) is -3.51. The van der Waals surface area contributed by atoms with Crippen molar-refractivity contribution in [2.75, 3.05) is 39.4 Å². The third-order valence-electron chi connectivity index (χ3n) is 4.61. The van der Waals surface area contributed by atoms with Gasteiger partial charge in [0, 0.05) is 32.7 Å². The van der Waals surface area contributed by atoms with E-state index in [0.29, 0.717) is 50.8 Å². The van der Waals surface area contributed by atoms with Crippen LogP contribution in [-0.4, -0.2) is 63.0 Å². The van der Waals surface area contributed by atoms with Gasteiger partial charge in [0.15, 0.2) is 0 Å². The Hall–Kier alpha value is -1.64. The fourth-order valence-corrected chi connectivity index (χ4v) is 4.61. The third kappa shape index (κ3) is 3.96. The number of hydrogen-bond donors (Lipinski definition) is 1. The number of carbonyl (C=O) groups excluding carboxylic acids is 1. The molecule has 1 N–H and O–H groups in total. The zero-order valence-corrected chi connectivity index (χ0v) is 15.3. The molecule has 3 rings (SSSR count). The van der Waals surface area contributed by atoms with Crippen LogP contribution in [0.3, 0.4) is 0 Å². The first-order chi connectivity index (χ1) is 12.0. The fourth-order valence-electron chi connectivity index (χ4n) is 3.15. The number of nitrogens with zero attached hydrogens (tertiary/aromatic N) is 2. The molecule has 1 aromatic carbocycles. The molecular weight excluding hydrogens is 342 g/mol. The second kappa shape index (κ2) is 7.72. The second-order valence-corrected chi connectivity index (χ2v) is 8.29. The van der Waals surface area contributed by atoms with E-state index in [1.807, 2.05) is 13.0 Å². The number of rotatable bonds is 4. The van der Waals surface area contributed by atoms with E-state index in [0.717, 1.165) is 24.0 Å². The van der Waals surface area contributed by atoms with E-state index in [4.69, 9.17) is 4.74 Å². The van der Waals surface area contributed by atoms with Gasteiger partial charge in [0.1, 0.15) is 0 Å². The van der Waals surface area contributed by atoms with Crippen molar-refractivity contribution in [3.05, 3.63) is 29.3 Å². The zero-order valence-electron chi connectivity index (χ0n) is 14.5. The predicted octanol–water partition coefficient (Wildman–Crippen LogP) is 1.19. The highest BCUT2D eigenvalue weighted by atomic mass is 32.2. The monoisotopic (exact) mass is 367 g/mol. The minimum Gasteiger partial charge on any atom is -0.379 e. The topological polar surface area (TPSA) is 79.0 Å². The van der Waals surface area contributed by atoms with Crippen molar-refractivity contribution in [3.8, 4) is 0 Å². The normalized spacial score (nSPS) is 18.7. The van der Waals surface area contributed by atoms with E-state index in [-0.39, 0.29) is 6.03 Å². The number of fused-ring (bicyclic) bond motifs is 1. The van der Waals surface area contributed by atoms with Crippen molar-refractivity contribution in [1.82, 2.24) is 14.5 Å². The van der Waals surface area contributed by atoms with Crippen LogP contribution in [0.2, 0.25) is 0 Å². The molecule has 0 saturated carbocycles. The van der Waals surface area contributed by atoms with Crippen LogP contribution in [0, 0.1) is 0 Å². The molecule has 138 valence electrons. The lowest BCUT2D eigenvalue weighted by molar-refractivity contribution is 0.0730. The van der Waals surface area contributed by atoms with E-state index in [9.17, 15) is 13.2 Å². The molecule has 0 aromatic heterocycles. The van der Waals surface area contributed by atoms with Crippen LogP contribution in [0.1, 0.15) is 24.5 Å². The second-order valence-electron chi connectivity index (χ2n) is 6.35. The Morgan fingerprint density at radius 3 is 2.68 bits per heavy atom. The van der Waals surface area contributed by atoms with Gasteiger partial charge in [0.2, 0.25) is 10.0 Å². The first-order valence-electron chi connectivity index (χ1n) is 8.75. The number of morpholine rings is 1. The Labute approximate surface area is 149 Å². The molecule has 0 aliphatic carbocycles. The molecule has 1 saturated heterocycles. The van der Waals surface area contributed by atoms with Gasteiger partial charge in [-0.1, -0.05) is 13.0 Å². The molecule has 2 heterocycles. The zero-order chi connectivity index (χ0) is 17.9. The molecule has 0 unspecified atom stereocenters. The van der Waals surface area contributed by atoms with Crippen LogP contribution in [-0.2, 0) is 27.7 Å². The van der Waals surface area contributed by atoms with E-state index < -0.39 is 10.0 Å². The molecule has 1 aromatic rings. The van der Waals surface area contributed by atoms with Gasteiger partial charge < -0.3 is 15.0 Å². The van der Waals surface area contributed by atoms with E-state index >= 15 is 0 Å². The molecule has 2 aliphatic rings. The average molecular weight is 367 g/mol. The molecule has 2 amide bonds. The summed E-state index contributed by atoms with van der Waals surface area (Å²) in [5, 5.41) is 2.88. The summed E-state index contributed by atoms with van der Waals surface area (Å²) >= 11 is 0. The lowest BCUT2D eigenvalue weighted by Gasteiger charge is -2.30. The SMILES string of the molecule is CCCNC(=O)N1CCc2ccc(S(=O)(=O)N3CCOCC3)cc2C1. The van der Waals surface area contributed by atoms with Gasteiger partial charge in [-0.15, -0.1) is 0 Å². The number of benzene rings is 1. The summed E-state index contributed by atoms with van der Waals surface area (Å²) in [6.45, 7) is 5.36. The maximum Gasteiger partial charge on any atom is 0.317 e. The predicted molar refractivity (Wildman–Crippen MR) is 93.8 cm³/mol. The van der Waals surface area contributed by atoms with Gasteiger partial charge in [-0.05, 0) is 36.1 Å². The summed E-state index contributed by atoms with van der Waals surface area (Å²) in [4.78, 5) is 14.2. The highest BCUT2D eigenvalue weighted by Crippen LogP contribution is 2.25.